The fraction of sp³-hybridized carbons (Fsp3) is 0.316. The lowest BCUT2D eigenvalue weighted by atomic mass is 9.93. The third-order valence-corrected chi connectivity index (χ3v) is 5.98. The minimum atomic E-state index is -0.985. The largest absolute Gasteiger partial charge is 0.481 e. The van der Waals surface area contributed by atoms with Gasteiger partial charge in [0.2, 0.25) is 5.91 Å². The summed E-state index contributed by atoms with van der Waals surface area (Å²) in [6.45, 7) is 3.70. The van der Waals surface area contributed by atoms with Gasteiger partial charge in [0, 0.05) is 10.8 Å². The third-order valence-electron chi connectivity index (χ3n) is 3.87. The predicted molar refractivity (Wildman–Crippen MR) is 106 cm³/mol. The number of aryl methyl sites for hydroxylation is 1. The fourth-order valence-electron chi connectivity index (χ4n) is 2.42. The fourth-order valence-corrected chi connectivity index (χ4v) is 3.97. The molecule has 0 saturated carbocycles. The zero-order valence-corrected chi connectivity index (χ0v) is 16.6. The van der Waals surface area contributed by atoms with Gasteiger partial charge in [0.25, 0.3) is 0 Å². The van der Waals surface area contributed by atoms with Gasteiger partial charge in [-0.25, -0.2) is 4.39 Å². The lowest BCUT2D eigenvalue weighted by Gasteiger charge is -2.12. The lowest BCUT2D eigenvalue weighted by molar-refractivity contribution is -0.133. The first-order valence-corrected chi connectivity index (χ1v) is 10.3. The third kappa shape index (κ3) is 5.90. The minimum absolute atomic E-state index is 0.00714. The summed E-state index contributed by atoms with van der Waals surface area (Å²) in [5.41, 5.74) is 1.12. The van der Waals surface area contributed by atoms with Crippen LogP contribution in [-0.2, 0) is 16.0 Å². The zero-order valence-electron chi connectivity index (χ0n) is 15.0. The molecule has 1 heterocycles. The number of thioether (sulfide) groups is 1. The Morgan fingerprint density at radius 1 is 1.22 bits per heavy atom. The van der Waals surface area contributed by atoms with E-state index in [1.807, 2.05) is 6.92 Å². The number of benzene rings is 1. The Bertz CT molecular complexity index is 833. The lowest BCUT2D eigenvalue weighted by Crippen LogP contribution is -2.17. The summed E-state index contributed by atoms with van der Waals surface area (Å²) in [6, 6.07) is 7.55. The molecule has 0 saturated heterocycles. The molecule has 2 aromatic rings. The molecule has 1 atom stereocenters. The van der Waals surface area contributed by atoms with Crippen LogP contribution in [0.3, 0.4) is 0 Å². The quantitative estimate of drug-likeness (QED) is 0.607. The number of carbonyl (C=O) groups excluding carboxylic acids is 2. The molecule has 0 aliphatic carbocycles. The molecule has 5 nitrogen and oxygen atoms in total. The van der Waals surface area contributed by atoms with Crippen molar-refractivity contribution >= 4 is 45.8 Å². The van der Waals surface area contributed by atoms with Crippen molar-refractivity contribution in [1.82, 2.24) is 0 Å². The van der Waals surface area contributed by atoms with Crippen molar-refractivity contribution in [2.45, 2.75) is 26.2 Å². The van der Waals surface area contributed by atoms with Crippen LogP contribution in [0.4, 0.5) is 9.39 Å². The highest BCUT2D eigenvalue weighted by molar-refractivity contribution is 8.00. The Hall–Kier alpha value is -2.19. The Kier molecular flexibility index (Phi) is 7.55. The molecular formula is C19H20FNO4S2. The molecule has 0 radical (unpaired) electrons. The molecule has 27 heavy (non-hydrogen) atoms. The normalized spacial score (nSPS) is 11.8. The van der Waals surface area contributed by atoms with E-state index >= 15 is 0 Å². The van der Waals surface area contributed by atoms with Gasteiger partial charge in [-0.1, -0.05) is 26.0 Å². The van der Waals surface area contributed by atoms with E-state index in [0.717, 1.165) is 23.1 Å². The summed E-state index contributed by atoms with van der Waals surface area (Å²) < 4.78 is 13.1. The summed E-state index contributed by atoms with van der Waals surface area (Å²) in [6.07, 6.45) is 0.722. The Labute approximate surface area is 165 Å². The molecule has 0 spiro atoms. The zero-order chi connectivity index (χ0) is 20.0. The van der Waals surface area contributed by atoms with E-state index in [2.05, 4.69) is 5.32 Å². The number of Topliss-reactive ketones (excluding diaryl/α,β-unsaturated/α-hetero) is 1. The molecule has 144 valence electrons. The number of aliphatic carboxylic acids is 1. The first-order valence-electron chi connectivity index (χ1n) is 8.33. The average Bonchev–Trinajstić information content (AvgIpc) is 3.03. The summed E-state index contributed by atoms with van der Waals surface area (Å²) >= 11 is 2.33. The number of hydrogen-bond donors (Lipinski definition) is 2. The van der Waals surface area contributed by atoms with Crippen LogP contribution < -0.4 is 5.32 Å². The minimum Gasteiger partial charge on any atom is -0.481 e. The van der Waals surface area contributed by atoms with Crippen molar-refractivity contribution in [2.75, 3.05) is 16.8 Å². The van der Waals surface area contributed by atoms with Gasteiger partial charge < -0.3 is 10.4 Å². The number of nitrogens with one attached hydrogen (secondary N) is 1. The van der Waals surface area contributed by atoms with E-state index in [4.69, 9.17) is 5.11 Å². The van der Waals surface area contributed by atoms with Crippen LogP contribution >= 0.6 is 23.1 Å². The molecule has 0 aliphatic rings. The van der Waals surface area contributed by atoms with Crippen molar-refractivity contribution in [3.05, 3.63) is 52.2 Å². The highest BCUT2D eigenvalue weighted by atomic mass is 32.2. The second-order valence-corrected chi connectivity index (χ2v) is 8.00. The Morgan fingerprint density at radius 3 is 2.48 bits per heavy atom. The molecule has 2 N–H and O–H groups in total. The van der Waals surface area contributed by atoms with Crippen molar-refractivity contribution in [3.63, 3.8) is 0 Å². The summed E-state index contributed by atoms with van der Waals surface area (Å²) in [4.78, 5) is 36.5. The van der Waals surface area contributed by atoms with Crippen LogP contribution in [0.15, 0.2) is 30.3 Å². The molecule has 1 amide bonds. The standard InChI is InChI=1S/C19H20FNO4S2/c1-3-14-8-15(18(25)11(2)12-4-6-13(20)7-5-12)19(27-14)21-16(22)9-26-10-17(23)24/h4-8,11H,3,9-10H2,1-2H3,(H,21,22)(H,23,24)/t11-/m1/s1. The number of anilines is 1. The monoisotopic (exact) mass is 409 g/mol. The predicted octanol–water partition coefficient (Wildman–Crippen LogP) is 4.19. The van der Waals surface area contributed by atoms with Crippen LogP contribution in [-0.4, -0.2) is 34.3 Å². The van der Waals surface area contributed by atoms with E-state index in [0.29, 0.717) is 16.1 Å². The topological polar surface area (TPSA) is 83.5 Å². The molecule has 8 heteroatoms. The van der Waals surface area contributed by atoms with Gasteiger partial charge in [-0.05, 0) is 30.2 Å². The number of carboxylic acids is 1. The Morgan fingerprint density at radius 2 is 1.89 bits per heavy atom. The average molecular weight is 410 g/mol. The second-order valence-electron chi connectivity index (χ2n) is 5.88. The van der Waals surface area contributed by atoms with E-state index in [1.165, 1.54) is 23.5 Å². The molecule has 2 rings (SSSR count). The van der Waals surface area contributed by atoms with Gasteiger partial charge in [0.1, 0.15) is 10.8 Å². The maximum absolute atomic E-state index is 13.1. The van der Waals surface area contributed by atoms with E-state index in [9.17, 15) is 18.8 Å². The summed E-state index contributed by atoms with van der Waals surface area (Å²) in [5, 5.41) is 11.8. The maximum atomic E-state index is 13.1. The number of amides is 1. The van der Waals surface area contributed by atoms with Gasteiger partial charge >= 0.3 is 5.97 Å². The number of ketones is 1. The number of carboxylic acid groups (broad SMARTS) is 1. The molecule has 0 fully saturated rings. The van der Waals surface area contributed by atoms with E-state index in [-0.39, 0.29) is 29.0 Å². The van der Waals surface area contributed by atoms with Gasteiger partial charge in [-0.3, -0.25) is 14.4 Å². The van der Waals surface area contributed by atoms with Crippen molar-refractivity contribution < 1.29 is 23.9 Å². The molecular weight excluding hydrogens is 389 g/mol. The number of thiophene rings is 1. The summed E-state index contributed by atoms with van der Waals surface area (Å²) in [5.74, 6) is -2.52. The van der Waals surface area contributed by atoms with Crippen molar-refractivity contribution in [3.8, 4) is 0 Å². The molecule has 1 aromatic heterocycles. The molecule has 0 unspecified atom stereocenters. The van der Waals surface area contributed by atoms with E-state index < -0.39 is 11.9 Å². The number of halogens is 1. The van der Waals surface area contributed by atoms with Gasteiger partial charge in [0.05, 0.1) is 17.1 Å². The summed E-state index contributed by atoms with van der Waals surface area (Å²) in [7, 11) is 0. The highest BCUT2D eigenvalue weighted by Crippen LogP contribution is 2.33. The Balaban J connectivity index is 2.16. The number of carbonyl (C=O) groups is 3. The molecule has 0 bridgehead atoms. The van der Waals surface area contributed by atoms with Crippen LogP contribution in [0.5, 0.6) is 0 Å². The van der Waals surface area contributed by atoms with Crippen LogP contribution in [0, 0.1) is 5.82 Å². The molecule has 1 aromatic carbocycles. The van der Waals surface area contributed by atoms with Gasteiger partial charge in [0.15, 0.2) is 5.78 Å². The van der Waals surface area contributed by atoms with Crippen molar-refractivity contribution in [2.24, 2.45) is 0 Å². The van der Waals surface area contributed by atoms with Crippen LogP contribution in [0.25, 0.3) is 0 Å². The van der Waals surface area contributed by atoms with Crippen LogP contribution in [0.1, 0.15) is 40.6 Å². The van der Waals surface area contributed by atoms with Gasteiger partial charge in [-0.15, -0.1) is 23.1 Å². The smallest absolute Gasteiger partial charge is 0.313 e. The van der Waals surface area contributed by atoms with Gasteiger partial charge in [-0.2, -0.15) is 0 Å². The second kappa shape index (κ2) is 9.66. The highest BCUT2D eigenvalue weighted by Gasteiger charge is 2.23. The number of rotatable bonds is 9. The first-order chi connectivity index (χ1) is 12.8. The molecule has 0 aliphatic heterocycles. The SMILES string of the molecule is CCc1cc(C(=O)[C@H](C)c2ccc(F)cc2)c(NC(=O)CSCC(=O)O)s1. The van der Waals surface area contributed by atoms with E-state index in [1.54, 1.807) is 25.1 Å². The number of hydrogen-bond acceptors (Lipinski definition) is 5. The maximum Gasteiger partial charge on any atom is 0.313 e. The van der Waals surface area contributed by atoms with Crippen molar-refractivity contribution in [1.29, 1.82) is 0 Å². The van der Waals surface area contributed by atoms with Crippen LogP contribution in [0.2, 0.25) is 0 Å². The first kappa shape index (κ1) is 21.1.